The van der Waals surface area contributed by atoms with Gasteiger partial charge in [0.2, 0.25) is 5.91 Å². The van der Waals surface area contributed by atoms with Crippen LogP contribution in [0.3, 0.4) is 0 Å². The van der Waals surface area contributed by atoms with E-state index in [0.717, 1.165) is 10.8 Å². The van der Waals surface area contributed by atoms with Gasteiger partial charge in [-0.15, -0.1) is 5.10 Å². The minimum Gasteiger partial charge on any atom is -0.310 e. The minimum absolute atomic E-state index is 0.0409. The molecule has 0 unspecified atom stereocenters. The number of anilines is 1. The number of nitrogens with one attached hydrogen (secondary N) is 1. The Morgan fingerprint density at radius 2 is 1.85 bits per heavy atom. The maximum Gasteiger partial charge on any atom is 0.395 e. The van der Waals surface area contributed by atoms with Crippen LogP contribution in [0, 0.1) is 11.3 Å². The van der Waals surface area contributed by atoms with Gasteiger partial charge in [-0.2, -0.15) is 13.2 Å². The van der Waals surface area contributed by atoms with E-state index in [2.05, 4.69) is 25.6 Å². The Labute approximate surface area is 188 Å². The van der Waals surface area contributed by atoms with E-state index < -0.39 is 11.6 Å². The predicted molar refractivity (Wildman–Crippen MR) is 115 cm³/mol. The molecule has 0 aromatic carbocycles. The van der Waals surface area contributed by atoms with E-state index in [1.807, 2.05) is 11.0 Å². The van der Waals surface area contributed by atoms with Crippen LogP contribution in [0.4, 0.5) is 19.0 Å². The molecule has 4 heterocycles. The number of aryl methyl sites for hydroxylation is 1. The van der Waals surface area contributed by atoms with E-state index in [4.69, 9.17) is 0 Å². The van der Waals surface area contributed by atoms with Crippen LogP contribution in [0.2, 0.25) is 0 Å². The quantitative estimate of drug-likeness (QED) is 0.629. The Morgan fingerprint density at radius 3 is 2.48 bits per heavy atom. The number of fused-ring (bicyclic) bond motifs is 1. The maximum absolute atomic E-state index is 13.2. The van der Waals surface area contributed by atoms with Gasteiger partial charge in [0.05, 0.1) is 17.3 Å². The molecule has 0 bridgehead atoms. The van der Waals surface area contributed by atoms with Gasteiger partial charge in [0.1, 0.15) is 11.5 Å². The lowest BCUT2D eigenvalue weighted by Crippen LogP contribution is -2.44. The molecular weight excluding hydrogens is 435 g/mol. The molecule has 2 fully saturated rings. The van der Waals surface area contributed by atoms with Crippen LogP contribution in [0.15, 0.2) is 30.7 Å². The standard InChI is InChI=1S/C22H24F3N7O/c1-31-12-18(29-30-31)17-8-15-9-19(27-11-16(15)10-26-17)28-20(33)14-2-6-32(7-3-14)13-21(4-5-21)22(23,24)25/h8-12,14H,2-7,13H2,1H3,(H,27,28,33). The van der Waals surface area contributed by atoms with Gasteiger partial charge < -0.3 is 10.2 Å². The molecule has 0 spiro atoms. The lowest BCUT2D eigenvalue weighted by molar-refractivity contribution is -0.192. The second-order valence-electron chi connectivity index (χ2n) is 9.08. The fourth-order valence-electron chi connectivity index (χ4n) is 4.40. The topological polar surface area (TPSA) is 88.8 Å². The Hall–Kier alpha value is -3.08. The number of carbonyl (C=O) groups is 1. The normalized spacial score (nSPS) is 19.0. The Bertz CT molecular complexity index is 1180. The van der Waals surface area contributed by atoms with Crippen molar-refractivity contribution in [3.8, 4) is 11.4 Å². The van der Waals surface area contributed by atoms with Crippen molar-refractivity contribution in [1.82, 2.24) is 29.9 Å². The number of amides is 1. The maximum atomic E-state index is 13.2. The average Bonchev–Trinajstić information content (AvgIpc) is 3.45. The third-order valence-corrected chi connectivity index (χ3v) is 6.66. The fraction of sp³-hybridized carbons (Fsp3) is 0.500. The molecule has 8 nitrogen and oxygen atoms in total. The van der Waals surface area contributed by atoms with Crippen LogP contribution in [0.1, 0.15) is 25.7 Å². The third kappa shape index (κ3) is 4.41. The van der Waals surface area contributed by atoms with Crippen molar-refractivity contribution in [1.29, 1.82) is 0 Å². The van der Waals surface area contributed by atoms with Gasteiger partial charge in [0.15, 0.2) is 0 Å². The summed E-state index contributed by atoms with van der Waals surface area (Å²) < 4.78 is 41.3. The predicted octanol–water partition coefficient (Wildman–Crippen LogP) is 3.42. The Kier molecular flexibility index (Phi) is 5.31. The fourth-order valence-corrected chi connectivity index (χ4v) is 4.40. The second-order valence-corrected chi connectivity index (χ2v) is 9.08. The molecule has 0 radical (unpaired) electrons. The number of rotatable bonds is 5. The van der Waals surface area contributed by atoms with Crippen molar-refractivity contribution in [2.75, 3.05) is 25.0 Å². The van der Waals surface area contributed by atoms with E-state index in [1.165, 1.54) is 0 Å². The van der Waals surface area contributed by atoms with Crippen LogP contribution in [0.5, 0.6) is 0 Å². The number of hydrogen-bond donors (Lipinski definition) is 1. The summed E-state index contributed by atoms with van der Waals surface area (Å²) in [6, 6.07) is 3.65. The summed E-state index contributed by atoms with van der Waals surface area (Å²) in [5, 5.41) is 12.5. The van der Waals surface area contributed by atoms with E-state index in [0.29, 0.717) is 43.1 Å². The summed E-state index contributed by atoms with van der Waals surface area (Å²) in [6.45, 7) is 1.03. The zero-order valence-electron chi connectivity index (χ0n) is 18.1. The van der Waals surface area contributed by atoms with Crippen molar-refractivity contribution < 1.29 is 18.0 Å². The van der Waals surface area contributed by atoms with Gasteiger partial charge in [0.25, 0.3) is 0 Å². The van der Waals surface area contributed by atoms with Crippen LogP contribution >= 0.6 is 0 Å². The number of halogens is 3. The Morgan fingerprint density at radius 1 is 1.12 bits per heavy atom. The molecule has 33 heavy (non-hydrogen) atoms. The molecule has 1 N–H and O–H groups in total. The third-order valence-electron chi connectivity index (χ3n) is 6.66. The second kappa shape index (κ2) is 8.05. The zero-order valence-corrected chi connectivity index (χ0v) is 18.1. The van der Waals surface area contributed by atoms with Gasteiger partial charge in [-0.05, 0) is 56.3 Å². The number of nitrogens with zero attached hydrogens (tertiary/aromatic N) is 6. The highest BCUT2D eigenvalue weighted by Gasteiger charge is 2.63. The van der Waals surface area contributed by atoms with E-state index in [-0.39, 0.29) is 31.2 Å². The largest absolute Gasteiger partial charge is 0.395 e. The summed E-state index contributed by atoms with van der Waals surface area (Å²) in [7, 11) is 1.78. The van der Waals surface area contributed by atoms with Gasteiger partial charge in [-0.3, -0.25) is 14.5 Å². The van der Waals surface area contributed by atoms with Gasteiger partial charge in [0, 0.05) is 37.3 Å². The van der Waals surface area contributed by atoms with Crippen LogP contribution in [-0.4, -0.2) is 61.6 Å². The summed E-state index contributed by atoms with van der Waals surface area (Å²) in [4.78, 5) is 23.3. The molecule has 1 saturated carbocycles. The van der Waals surface area contributed by atoms with Crippen molar-refractivity contribution in [2.45, 2.75) is 31.9 Å². The van der Waals surface area contributed by atoms with Gasteiger partial charge in [-0.1, -0.05) is 5.21 Å². The summed E-state index contributed by atoms with van der Waals surface area (Å²) >= 11 is 0. The molecule has 174 valence electrons. The molecule has 0 atom stereocenters. The Balaban J connectivity index is 1.21. The first-order chi connectivity index (χ1) is 15.7. The molecule has 5 rings (SSSR count). The highest BCUT2D eigenvalue weighted by Crippen LogP contribution is 2.58. The first-order valence-corrected chi connectivity index (χ1v) is 10.9. The number of aromatic nitrogens is 5. The van der Waals surface area contributed by atoms with E-state index >= 15 is 0 Å². The van der Waals surface area contributed by atoms with Gasteiger partial charge in [-0.25, -0.2) is 4.98 Å². The zero-order chi connectivity index (χ0) is 23.2. The SMILES string of the molecule is Cn1cc(-c2cc3cc(NC(=O)C4CCN(CC5(C(F)(F)F)CC5)CC4)ncc3cn2)nn1. The van der Waals surface area contributed by atoms with Crippen molar-refractivity contribution in [3.05, 3.63) is 30.7 Å². The first-order valence-electron chi connectivity index (χ1n) is 10.9. The molecule has 3 aromatic heterocycles. The summed E-state index contributed by atoms with van der Waals surface area (Å²) in [6.07, 6.45) is 2.45. The van der Waals surface area contributed by atoms with Crippen LogP contribution in [-0.2, 0) is 11.8 Å². The van der Waals surface area contributed by atoms with E-state index in [9.17, 15) is 18.0 Å². The van der Waals surface area contributed by atoms with Crippen molar-refractivity contribution in [3.63, 3.8) is 0 Å². The first kappa shape index (κ1) is 21.7. The molecule has 1 saturated heterocycles. The highest BCUT2D eigenvalue weighted by molar-refractivity contribution is 5.94. The number of piperidine rings is 1. The minimum atomic E-state index is -4.15. The molecule has 2 aliphatic rings. The lowest BCUT2D eigenvalue weighted by atomic mass is 9.94. The molecule has 1 aliphatic heterocycles. The van der Waals surface area contributed by atoms with Crippen molar-refractivity contribution >= 4 is 22.5 Å². The highest BCUT2D eigenvalue weighted by atomic mass is 19.4. The smallest absolute Gasteiger partial charge is 0.310 e. The molecule has 1 aliphatic carbocycles. The van der Waals surface area contributed by atoms with Crippen molar-refractivity contribution in [2.24, 2.45) is 18.4 Å². The monoisotopic (exact) mass is 459 g/mol. The lowest BCUT2D eigenvalue weighted by Gasteiger charge is -2.34. The number of carbonyl (C=O) groups excluding carboxylic acids is 1. The number of pyridine rings is 2. The molecule has 3 aromatic rings. The van der Waals surface area contributed by atoms with Crippen LogP contribution in [0.25, 0.3) is 22.2 Å². The molecular formula is C22H24F3N7O. The molecule has 1 amide bonds. The van der Waals surface area contributed by atoms with Crippen LogP contribution < -0.4 is 5.32 Å². The number of hydrogen-bond acceptors (Lipinski definition) is 6. The van der Waals surface area contributed by atoms with E-state index in [1.54, 1.807) is 36.4 Å². The summed E-state index contributed by atoms with van der Waals surface area (Å²) in [5.41, 5.74) is -0.221. The molecule has 11 heteroatoms. The number of alkyl halides is 3. The summed E-state index contributed by atoms with van der Waals surface area (Å²) in [5.74, 6) is 0.0364. The van der Waals surface area contributed by atoms with Gasteiger partial charge >= 0.3 is 6.18 Å². The average molecular weight is 459 g/mol. The number of likely N-dealkylation sites (tertiary alicyclic amines) is 1.